The lowest BCUT2D eigenvalue weighted by Crippen LogP contribution is -2.53. The van der Waals surface area contributed by atoms with Gasteiger partial charge in [0.15, 0.2) is 18.1 Å². The van der Waals surface area contributed by atoms with Gasteiger partial charge in [-0.2, -0.15) is 16.5 Å². The minimum absolute atomic E-state index is 0.120. The van der Waals surface area contributed by atoms with Crippen LogP contribution in [0.3, 0.4) is 0 Å². The summed E-state index contributed by atoms with van der Waals surface area (Å²) in [5, 5.41) is 0. The van der Waals surface area contributed by atoms with Crippen LogP contribution in [0.2, 0.25) is 0 Å². The van der Waals surface area contributed by atoms with Gasteiger partial charge < -0.3 is 9.47 Å². The summed E-state index contributed by atoms with van der Waals surface area (Å²) in [7, 11) is -4.31. The van der Waals surface area contributed by atoms with Gasteiger partial charge in [-0.3, -0.25) is 20.4 Å². The van der Waals surface area contributed by atoms with Crippen LogP contribution in [-0.4, -0.2) is 51.5 Å². The number of amides is 2. The summed E-state index contributed by atoms with van der Waals surface area (Å²) in [6.45, 7) is 1.82. The molecule has 180 valence electrons. The maximum Gasteiger partial charge on any atom is 0.276 e. The second-order valence-corrected chi connectivity index (χ2v) is 9.26. The lowest BCUT2D eigenvalue weighted by atomic mass is 10.2. The minimum atomic E-state index is -4.31. The molecule has 0 saturated carbocycles. The van der Waals surface area contributed by atoms with E-state index in [1.807, 2.05) is 6.92 Å². The van der Waals surface area contributed by atoms with Crippen LogP contribution in [0.1, 0.15) is 13.3 Å². The Hall–Kier alpha value is -2.83. The molecule has 2 aromatic carbocycles. The van der Waals surface area contributed by atoms with Crippen molar-refractivity contribution in [2.45, 2.75) is 24.3 Å². The molecule has 3 N–H and O–H groups in total. The Kier molecular flexibility index (Phi) is 10.4. The Bertz CT molecular complexity index is 1050. The van der Waals surface area contributed by atoms with Gasteiger partial charge in [0, 0.05) is 0 Å². The smallest absolute Gasteiger partial charge is 0.276 e. The van der Waals surface area contributed by atoms with E-state index in [2.05, 4.69) is 15.6 Å². The Morgan fingerprint density at radius 2 is 1.67 bits per heavy atom. The Labute approximate surface area is 196 Å². The Morgan fingerprint density at radius 1 is 1.03 bits per heavy atom. The lowest BCUT2D eigenvalue weighted by Gasteiger charge is -2.19. The van der Waals surface area contributed by atoms with Crippen LogP contribution in [0.15, 0.2) is 53.4 Å². The highest BCUT2D eigenvalue weighted by Gasteiger charge is 2.27. The van der Waals surface area contributed by atoms with Crippen molar-refractivity contribution in [3.8, 4) is 11.5 Å². The number of sulfonamides is 1. The average molecular weight is 500 g/mol. The number of hydrogen-bond acceptors (Lipinski definition) is 7. The number of nitrogens with one attached hydrogen (secondary N) is 3. The monoisotopic (exact) mass is 499 g/mol. The van der Waals surface area contributed by atoms with Gasteiger partial charge >= 0.3 is 0 Å². The number of benzene rings is 2. The van der Waals surface area contributed by atoms with E-state index in [-0.39, 0.29) is 6.42 Å². The van der Waals surface area contributed by atoms with Crippen LogP contribution < -0.4 is 25.0 Å². The molecule has 9 nitrogen and oxygen atoms in total. The number of carbonyl (C=O) groups excluding carboxylic acids is 2. The third-order valence-corrected chi connectivity index (χ3v) is 6.33. The third-order valence-electron chi connectivity index (χ3n) is 4.18. The SMILES string of the molecule is CCOc1ccccc1OCC(=O)NNC(=O)C(CCSC)NS(=O)(=O)c1ccccc1F. The van der Waals surface area contributed by atoms with Crippen molar-refractivity contribution in [2.75, 3.05) is 25.2 Å². The minimum Gasteiger partial charge on any atom is -0.490 e. The highest BCUT2D eigenvalue weighted by atomic mass is 32.2. The molecule has 0 bridgehead atoms. The van der Waals surface area contributed by atoms with Crippen LogP contribution >= 0.6 is 11.8 Å². The fraction of sp³-hybridized carbons (Fsp3) is 0.333. The van der Waals surface area contributed by atoms with Gasteiger partial charge in [0.1, 0.15) is 16.8 Å². The Morgan fingerprint density at radius 3 is 2.30 bits per heavy atom. The number of hydrazine groups is 1. The second-order valence-electron chi connectivity index (χ2n) is 6.59. The molecule has 0 heterocycles. The summed E-state index contributed by atoms with van der Waals surface area (Å²) in [5.41, 5.74) is 4.35. The molecule has 2 amide bonds. The number of hydrogen-bond donors (Lipinski definition) is 3. The molecule has 0 radical (unpaired) electrons. The normalized spacial score (nSPS) is 12.0. The fourth-order valence-electron chi connectivity index (χ4n) is 2.63. The summed E-state index contributed by atoms with van der Waals surface area (Å²) >= 11 is 1.40. The number of rotatable bonds is 12. The van der Waals surface area contributed by atoms with Crippen molar-refractivity contribution >= 4 is 33.6 Å². The summed E-state index contributed by atoms with van der Waals surface area (Å²) in [5.74, 6) is -1.13. The van der Waals surface area contributed by atoms with E-state index >= 15 is 0 Å². The predicted octanol–water partition coefficient (Wildman–Crippen LogP) is 1.85. The van der Waals surface area contributed by atoms with E-state index in [9.17, 15) is 22.4 Å². The summed E-state index contributed by atoms with van der Waals surface area (Å²) in [6.07, 6.45) is 1.91. The zero-order valence-electron chi connectivity index (χ0n) is 18.2. The van der Waals surface area contributed by atoms with Crippen LogP contribution in [0, 0.1) is 5.82 Å². The molecule has 0 saturated heterocycles. The number of carbonyl (C=O) groups is 2. The molecule has 0 aromatic heterocycles. The lowest BCUT2D eigenvalue weighted by molar-refractivity contribution is -0.130. The molecule has 0 fully saturated rings. The molecule has 0 aliphatic heterocycles. The van der Waals surface area contributed by atoms with Gasteiger partial charge in [-0.05, 0) is 49.6 Å². The number of ether oxygens (including phenoxy) is 2. The molecule has 2 aromatic rings. The first-order valence-electron chi connectivity index (χ1n) is 9.97. The van der Waals surface area contributed by atoms with Crippen molar-refractivity contribution in [2.24, 2.45) is 0 Å². The molecule has 1 unspecified atom stereocenters. The van der Waals surface area contributed by atoms with E-state index in [4.69, 9.17) is 9.47 Å². The van der Waals surface area contributed by atoms with Crippen molar-refractivity contribution in [3.63, 3.8) is 0 Å². The van der Waals surface area contributed by atoms with E-state index in [0.717, 1.165) is 12.1 Å². The zero-order valence-corrected chi connectivity index (χ0v) is 19.8. The predicted molar refractivity (Wildman–Crippen MR) is 123 cm³/mol. The third kappa shape index (κ3) is 8.22. The number of thioether (sulfide) groups is 1. The van der Waals surface area contributed by atoms with E-state index in [1.165, 1.54) is 23.9 Å². The first-order chi connectivity index (χ1) is 15.8. The van der Waals surface area contributed by atoms with Crippen LogP contribution in [-0.2, 0) is 19.6 Å². The van der Waals surface area contributed by atoms with E-state index in [1.54, 1.807) is 30.5 Å². The molecule has 2 rings (SSSR count). The van der Waals surface area contributed by atoms with Gasteiger partial charge in [-0.1, -0.05) is 24.3 Å². The molecule has 0 aliphatic rings. The number of halogens is 1. The van der Waals surface area contributed by atoms with Crippen molar-refractivity contribution < 1.29 is 31.9 Å². The summed E-state index contributed by atoms with van der Waals surface area (Å²) < 4.78 is 52.1. The molecule has 0 aliphatic carbocycles. The van der Waals surface area contributed by atoms with Crippen LogP contribution in [0.5, 0.6) is 11.5 Å². The second kappa shape index (κ2) is 13.0. The van der Waals surface area contributed by atoms with E-state index < -0.39 is 45.2 Å². The standard InChI is InChI=1S/C21H26FN3O6S2/c1-3-30-17-9-5-6-10-18(17)31-14-20(26)23-24-21(27)16(12-13-32-2)25-33(28,29)19-11-7-4-8-15(19)22/h4-11,16,25H,3,12-14H2,1-2H3,(H,23,26)(H,24,27). The van der Waals surface area contributed by atoms with Gasteiger partial charge in [0.2, 0.25) is 10.0 Å². The average Bonchev–Trinajstić information content (AvgIpc) is 2.80. The molecule has 0 spiro atoms. The largest absolute Gasteiger partial charge is 0.490 e. The van der Waals surface area contributed by atoms with Gasteiger partial charge in [-0.15, -0.1) is 0 Å². The van der Waals surface area contributed by atoms with Crippen LogP contribution in [0.4, 0.5) is 4.39 Å². The van der Waals surface area contributed by atoms with Gasteiger partial charge in [0.05, 0.1) is 6.61 Å². The maximum absolute atomic E-state index is 13.9. The van der Waals surface area contributed by atoms with Gasteiger partial charge in [-0.25, -0.2) is 12.8 Å². The quantitative estimate of drug-likeness (QED) is 0.381. The highest BCUT2D eigenvalue weighted by Crippen LogP contribution is 2.26. The van der Waals surface area contributed by atoms with Crippen molar-refractivity contribution in [3.05, 3.63) is 54.3 Å². The van der Waals surface area contributed by atoms with E-state index in [0.29, 0.717) is 23.9 Å². The van der Waals surface area contributed by atoms with Crippen molar-refractivity contribution in [1.82, 2.24) is 15.6 Å². The first-order valence-corrected chi connectivity index (χ1v) is 12.8. The molecule has 33 heavy (non-hydrogen) atoms. The zero-order chi connectivity index (χ0) is 24.3. The fourth-order valence-corrected chi connectivity index (χ4v) is 4.41. The summed E-state index contributed by atoms with van der Waals surface area (Å²) in [4.78, 5) is 24.1. The molecular formula is C21H26FN3O6S2. The topological polar surface area (TPSA) is 123 Å². The first kappa shape index (κ1) is 26.4. The molecule has 1 atom stereocenters. The van der Waals surface area contributed by atoms with Crippen LogP contribution in [0.25, 0.3) is 0 Å². The summed E-state index contributed by atoms with van der Waals surface area (Å²) in [6, 6.07) is 10.4. The van der Waals surface area contributed by atoms with Crippen molar-refractivity contribution in [1.29, 1.82) is 0 Å². The highest BCUT2D eigenvalue weighted by molar-refractivity contribution is 7.98. The number of para-hydroxylation sites is 2. The van der Waals surface area contributed by atoms with Gasteiger partial charge in [0.25, 0.3) is 11.8 Å². The molecular weight excluding hydrogens is 473 g/mol. The molecule has 12 heteroatoms. The maximum atomic E-state index is 13.9. The Balaban J connectivity index is 1.96.